The summed E-state index contributed by atoms with van der Waals surface area (Å²) in [7, 11) is 0. The molecule has 2 aliphatic rings. The Balaban J connectivity index is 1.28. The van der Waals surface area contributed by atoms with Crippen LogP contribution in [0, 0.1) is 6.92 Å². The van der Waals surface area contributed by atoms with E-state index in [-0.39, 0.29) is 18.9 Å². The smallest absolute Gasteiger partial charge is 0.230 e. The number of fused-ring (bicyclic) bond motifs is 3. The minimum atomic E-state index is -0.913. The van der Waals surface area contributed by atoms with Gasteiger partial charge in [0.25, 0.3) is 0 Å². The van der Waals surface area contributed by atoms with Crippen LogP contribution in [0.2, 0.25) is 0 Å². The van der Waals surface area contributed by atoms with E-state index in [0.29, 0.717) is 30.4 Å². The van der Waals surface area contributed by atoms with Gasteiger partial charge in [0.05, 0.1) is 26.0 Å². The number of aromatic nitrogens is 2. The number of aryl methyl sites for hydroxylation is 1. The van der Waals surface area contributed by atoms with E-state index < -0.39 is 5.41 Å². The van der Waals surface area contributed by atoms with Crippen molar-refractivity contribution in [2.75, 3.05) is 0 Å². The fraction of sp³-hybridized carbons (Fsp3) is 0.167. The second-order valence-corrected chi connectivity index (χ2v) is 11.2. The van der Waals surface area contributed by atoms with Crippen LogP contribution in [0.5, 0.6) is 0 Å². The number of aliphatic hydroxyl groups is 1. The Morgan fingerprint density at radius 1 is 0.791 bits per heavy atom. The zero-order valence-electron chi connectivity index (χ0n) is 23.9. The first-order chi connectivity index (χ1) is 21.0. The average molecular weight is 566 g/mol. The molecule has 0 radical (unpaired) electrons. The number of aliphatic imine (C=N–C) groups is 2. The van der Waals surface area contributed by atoms with E-state index >= 15 is 0 Å². The molecule has 1 aromatic heterocycles. The van der Waals surface area contributed by atoms with Crippen molar-refractivity contribution in [3.8, 4) is 11.1 Å². The SMILES string of the molecule is Cc1ccc(CN2C(=O)CC3(c4ccc(CO)cc4)C2=NC=Nc2c3ncn2Cc2ccc(-c3ccccc3)cc2)cc1. The highest BCUT2D eigenvalue weighted by Gasteiger charge is 2.55. The van der Waals surface area contributed by atoms with Gasteiger partial charge in [-0.1, -0.05) is 109 Å². The number of carbonyl (C=O) groups is 1. The maximum atomic E-state index is 13.8. The van der Waals surface area contributed by atoms with Crippen molar-refractivity contribution < 1.29 is 9.90 Å². The van der Waals surface area contributed by atoms with Gasteiger partial charge in [0, 0.05) is 6.42 Å². The first-order valence-electron chi connectivity index (χ1n) is 14.4. The van der Waals surface area contributed by atoms with Gasteiger partial charge in [0.1, 0.15) is 23.3 Å². The fourth-order valence-corrected chi connectivity index (χ4v) is 6.12. The van der Waals surface area contributed by atoms with E-state index in [1.807, 2.05) is 72.4 Å². The molecular weight excluding hydrogens is 534 g/mol. The molecule has 3 heterocycles. The Kier molecular flexibility index (Phi) is 6.80. The lowest BCUT2D eigenvalue weighted by molar-refractivity contribution is -0.126. The number of amides is 1. The minimum absolute atomic E-state index is 0.0159. The largest absolute Gasteiger partial charge is 0.392 e. The molecule has 43 heavy (non-hydrogen) atoms. The van der Waals surface area contributed by atoms with Crippen molar-refractivity contribution >= 4 is 23.9 Å². The van der Waals surface area contributed by atoms with Gasteiger partial charge < -0.3 is 9.67 Å². The molecule has 1 fully saturated rings. The highest BCUT2D eigenvalue weighted by molar-refractivity contribution is 6.16. The number of aliphatic hydroxyl groups excluding tert-OH is 1. The number of imidazole rings is 1. The number of hydrogen-bond acceptors (Lipinski definition) is 5. The van der Waals surface area contributed by atoms with Gasteiger partial charge in [-0.15, -0.1) is 0 Å². The predicted octanol–water partition coefficient (Wildman–Crippen LogP) is 6.19. The van der Waals surface area contributed by atoms with E-state index in [1.54, 1.807) is 11.2 Å². The normalized spacial score (nSPS) is 17.4. The molecule has 1 N–H and O–H groups in total. The van der Waals surface area contributed by atoms with Crippen molar-refractivity contribution in [1.82, 2.24) is 14.5 Å². The number of benzene rings is 4. The molecule has 1 unspecified atom stereocenters. The maximum absolute atomic E-state index is 13.8. The summed E-state index contributed by atoms with van der Waals surface area (Å²) in [6.45, 7) is 2.97. The molecule has 5 aromatic rings. The molecule has 212 valence electrons. The van der Waals surface area contributed by atoms with Crippen molar-refractivity contribution in [3.05, 3.63) is 143 Å². The second kappa shape index (κ2) is 10.9. The monoisotopic (exact) mass is 565 g/mol. The van der Waals surface area contributed by atoms with Crippen LogP contribution in [0.3, 0.4) is 0 Å². The molecule has 2 aliphatic heterocycles. The van der Waals surface area contributed by atoms with E-state index in [1.165, 1.54) is 11.1 Å². The average Bonchev–Trinajstić information content (AvgIpc) is 3.51. The Hall–Kier alpha value is -5.14. The third kappa shape index (κ3) is 4.77. The Labute approximate surface area is 250 Å². The Morgan fingerprint density at radius 3 is 2.16 bits per heavy atom. The highest BCUT2D eigenvalue weighted by atomic mass is 16.3. The van der Waals surface area contributed by atoms with E-state index in [9.17, 15) is 9.90 Å². The molecule has 7 heteroatoms. The molecule has 4 aromatic carbocycles. The third-order valence-electron chi connectivity index (χ3n) is 8.43. The number of likely N-dealkylation sites (tertiary alicyclic amines) is 1. The van der Waals surface area contributed by atoms with Gasteiger partial charge in [0.15, 0.2) is 5.82 Å². The van der Waals surface area contributed by atoms with Gasteiger partial charge in [-0.25, -0.2) is 15.0 Å². The van der Waals surface area contributed by atoms with Crippen LogP contribution in [-0.2, 0) is 29.9 Å². The molecule has 0 saturated carbocycles. The quantitative estimate of drug-likeness (QED) is 0.256. The molecule has 1 atom stereocenters. The van der Waals surface area contributed by atoms with Crippen molar-refractivity contribution in [1.29, 1.82) is 0 Å². The fourth-order valence-electron chi connectivity index (χ4n) is 6.12. The topological polar surface area (TPSA) is 83.1 Å². The summed E-state index contributed by atoms with van der Waals surface area (Å²) in [5.41, 5.74) is 7.13. The van der Waals surface area contributed by atoms with Crippen molar-refractivity contribution in [3.63, 3.8) is 0 Å². The van der Waals surface area contributed by atoms with Crippen molar-refractivity contribution in [2.24, 2.45) is 9.98 Å². The van der Waals surface area contributed by atoms with Gasteiger partial charge >= 0.3 is 0 Å². The van der Waals surface area contributed by atoms with E-state index in [4.69, 9.17) is 15.0 Å². The molecule has 7 nitrogen and oxygen atoms in total. The molecular formula is C36H31N5O2. The maximum Gasteiger partial charge on any atom is 0.230 e. The number of rotatable bonds is 7. The molecule has 1 amide bonds. The Bertz CT molecular complexity index is 1840. The van der Waals surface area contributed by atoms with Gasteiger partial charge in [-0.3, -0.25) is 9.69 Å². The predicted molar refractivity (Wildman–Crippen MR) is 168 cm³/mol. The summed E-state index contributed by atoms with van der Waals surface area (Å²) in [6, 6.07) is 34.8. The van der Waals surface area contributed by atoms with Gasteiger partial charge in [-0.2, -0.15) is 0 Å². The molecule has 0 aliphatic carbocycles. The van der Waals surface area contributed by atoms with Crippen LogP contribution < -0.4 is 0 Å². The van der Waals surface area contributed by atoms with Gasteiger partial charge in [0.2, 0.25) is 5.91 Å². The second-order valence-electron chi connectivity index (χ2n) is 11.2. The number of nitrogens with zero attached hydrogens (tertiary/aromatic N) is 5. The zero-order chi connectivity index (χ0) is 29.4. The summed E-state index contributed by atoms with van der Waals surface area (Å²) in [4.78, 5) is 30.1. The molecule has 1 saturated heterocycles. The lowest BCUT2D eigenvalue weighted by atomic mass is 9.75. The molecule has 0 bridgehead atoms. The molecule has 0 spiro atoms. The summed E-state index contributed by atoms with van der Waals surface area (Å²) < 4.78 is 2.03. The van der Waals surface area contributed by atoms with Crippen LogP contribution in [0.15, 0.2) is 119 Å². The lowest BCUT2D eigenvalue weighted by Crippen LogP contribution is -2.39. The first kappa shape index (κ1) is 26.7. The lowest BCUT2D eigenvalue weighted by Gasteiger charge is -2.29. The van der Waals surface area contributed by atoms with Crippen LogP contribution in [0.25, 0.3) is 11.1 Å². The highest BCUT2D eigenvalue weighted by Crippen LogP contribution is 2.47. The van der Waals surface area contributed by atoms with Crippen LogP contribution in [0.4, 0.5) is 5.82 Å². The zero-order valence-corrected chi connectivity index (χ0v) is 23.9. The summed E-state index contributed by atoms with van der Waals surface area (Å²) >= 11 is 0. The third-order valence-corrected chi connectivity index (χ3v) is 8.43. The summed E-state index contributed by atoms with van der Waals surface area (Å²) in [5.74, 6) is 1.29. The summed E-state index contributed by atoms with van der Waals surface area (Å²) in [5, 5.41) is 9.70. The Morgan fingerprint density at radius 2 is 1.44 bits per heavy atom. The number of amidine groups is 1. The molecule has 7 rings (SSSR count). The first-order valence-corrected chi connectivity index (χ1v) is 14.4. The van der Waals surface area contributed by atoms with Crippen LogP contribution in [0.1, 0.15) is 39.9 Å². The summed E-state index contributed by atoms with van der Waals surface area (Å²) in [6.07, 6.45) is 3.55. The number of carbonyl (C=O) groups excluding carboxylic acids is 1. The standard InChI is InChI=1S/C36H31N5O2/c1-25-7-9-27(10-8-25)21-41-32(43)19-36(31-17-13-28(22-42)14-18-31)33-34(37-23-38-35(36)41)40(24-39-33)20-26-11-15-30(16-12-26)29-5-3-2-4-6-29/h2-18,23-24,42H,19-22H2,1H3. The number of hydrogen-bond donors (Lipinski definition) is 1. The van der Waals surface area contributed by atoms with Crippen LogP contribution >= 0.6 is 0 Å². The van der Waals surface area contributed by atoms with E-state index in [0.717, 1.165) is 27.8 Å². The van der Waals surface area contributed by atoms with Crippen molar-refractivity contribution in [2.45, 2.75) is 38.5 Å². The minimum Gasteiger partial charge on any atom is -0.392 e. The van der Waals surface area contributed by atoms with E-state index in [2.05, 4.69) is 48.5 Å². The van der Waals surface area contributed by atoms with Gasteiger partial charge in [-0.05, 0) is 40.3 Å². The van der Waals surface area contributed by atoms with Crippen LogP contribution in [-0.4, -0.2) is 37.6 Å².